The van der Waals surface area contributed by atoms with Crippen molar-refractivity contribution in [2.45, 2.75) is 45.7 Å². The lowest BCUT2D eigenvalue weighted by Gasteiger charge is -2.32. The van der Waals surface area contributed by atoms with Crippen LogP contribution in [-0.4, -0.2) is 40.6 Å². The Morgan fingerprint density at radius 2 is 1.84 bits per heavy atom. The van der Waals surface area contributed by atoms with E-state index in [1.165, 1.54) is 0 Å². The molecule has 0 amide bonds. The first-order valence-electron chi connectivity index (χ1n) is 6.55. The van der Waals surface area contributed by atoms with Crippen LogP contribution in [0.15, 0.2) is 17.2 Å². The molecule has 0 bridgehead atoms. The van der Waals surface area contributed by atoms with Gasteiger partial charge in [-0.15, -0.1) is 0 Å². The van der Waals surface area contributed by atoms with Crippen LogP contribution in [0.4, 0.5) is 5.82 Å². The van der Waals surface area contributed by atoms with E-state index >= 15 is 0 Å². The molecule has 1 aromatic rings. The Balaban J connectivity index is 2.96. The Hall–Kier alpha value is -1.36. The molecule has 0 atom stereocenters. The normalized spacial score (nSPS) is 12.8. The first-order valence-corrected chi connectivity index (χ1v) is 6.55. The molecular weight excluding hydrogens is 240 g/mol. The number of nitrogens with zero attached hydrogens (tertiary/aromatic N) is 3. The second kappa shape index (κ2) is 5.33. The van der Waals surface area contributed by atoms with Gasteiger partial charge in [-0.25, -0.2) is 4.98 Å². The topological polar surface area (TPSA) is 50.2 Å². The van der Waals surface area contributed by atoms with E-state index in [1.54, 1.807) is 17.0 Å². The summed E-state index contributed by atoms with van der Waals surface area (Å²) < 4.78 is 1.70. The van der Waals surface area contributed by atoms with Gasteiger partial charge in [-0.1, -0.05) is 0 Å². The third-order valence-corrected chi connectivity index (χ3v) is 3.46. The van der Waals surface area contributed by atoms with Crippen molar-refractivity contribution in [3.05, 3.63) is 22.7 Å². The summed E-state index contributed by atoms with van der Waals surface area (Å²) in [6.45, 7) is 10.9. The highest BCUT2D eigenvalue weighted by Gasteiger charge is 2.22. The van der Waals surface area contributed by atoms with Crippen LogP contribution in [0, 0.1) is 0 Å². The molecular formula is C14H26N4O. The standard InChI is InChI=1S/C14H26N4O/c1-13(2,3)18-9-8-15-11(12(18)19)16-10-14(4,5)17(6)7/h8-9H,10H2,1-7H3,(H,15,16). The molecule has 0 fully saturated rings. The number of rotatable bonds is 4. The summed E-state index contributed by atoms with van der Waals surface area (Å²) in [5, 5.41) is 3.16. The quantitative estimate of drug-likeness (QED) is 0.902. The predicted molar refractivity (Wildman–Crippen MR) is 79.7 cm³/mol. The molecule has 0 spiro atoms. The summed E-state index contributed by atoms with van der Waals surface area (Å²) in [7, 11) is 4.04. The first kappa shape index (κ1) is 15.7. The van der Waals surface area contributed by atoms with Gasteiger partial charge >= 0.3 is 0 Å². The number of anilines is 1. The Morgan fingerprint density at radius 3 is 2.32 bits per heavy atom. The third-order valence-electron chi connectivity index (χ3n) is 3.46. The molecule has 0 unspecified atom stereocenters. The van der Waals surface area contributed by atoms with Crippen molar-refractivity contribution in [3.63, 3.8) is 0 Å². The maximum absolute atomic E-state index is 12.3. The molecule has 1 N–H and O–H groups in total. The summed E-state index contributed by atoms with van der Waals surface area (Å²) >= 11 is 0. The molecule has 1 rings (SSSR count). The van der Waals surface area contributed by atoms with Gasteiger partial charge in [0.05, 0.1) is 0 Å². The summed E-state index contributed by atoms with van der Waals surface area (Å²) in [5.74, 6) is 0.410. The van der Waals surface area contributed by atoms with E-state index in [-0.39, 0.29) is 16.6 Å². The third kappa shape index (κ3) is 3.80. The van der Waals surface area contributed by atoms with Gasteiger partial charge in [0.2, 0.25) is 0 Å². The van der Waals surface area contributed by atoms with Crippen LogP contribution in [0.1, 0.15) is 34.6 Å². The van der Waals surface area contributed by atoms with Crippen molar-refractivity contribution in [2.75, 3.05) is 26.0 Å². The number of hydrogen-bond acceptors (Lipinski definition) is 4. The maximum atomic E-state index is 12.3. The summed E-state index contributed by atoms with van der Waals surface area (Å²) in [5.41, 5.74) is -0.367. The number of aromatic nitrogens is 2. The smallest absolute Gasteiger partial charge is 0.293 e. The molecule has 1 heterocycles. The maximum Gasteiger partial charge on any atom is 0.293 e. The minimum absolute atomic E-state index is 0.0451. The molecule has 0 aliphatic carbocycles. The lowest BCUT2D eigenvalue weighted by atomic mass is 10.0. The Bertz CT molecular complexity index is 483. The van der Waals surface area contributed by atoms with E-state index in [9.17, 15) is 4.79 Å². The van der Waals surface area contributed by atoms with Gasteiger partial charge in [0, 0.05) is 30.0 Å². The molecule has 19 heavy (non-hydrogen) atoms. The van der Waals surface area contributed by atoms with Crippen LogP contribution in [-0.2, 0) is 5.54 Å². The van der Waals surface area contributed by atoms with Crippen LogP contribution in [0.25, 0.3) is 0 Å². The van der Waals surface area contributed by atoms with Gasteiger partial charge in [0.1, 0.15) is 0 Å². The molecule has 0 radical (unpaired) electrons. The highest BCUT2D eigenvalue weighted by atomic mass is 16.1. The zero-order valence-corrected chi connectivity index (χ0v) is 13.1. The van der Waals surface area contributed by atoms with Crippen LogP contribution in [0.3, 0.4) is 0 Å². The van der Waals surface area contributed by atoms with Crippen LogP contribution in [0.2, 0.25) is 0 Å². The average molecular weight is 266 g/mol. The lowest BCUT2D eigenvalue weighted by Crippen LogP contribution is -2.45. The van der Waals surface area contributed by atoms with Crippen molar-refractivity contribution >= 4 is 5.82 Å². The molecule has 5 nitrogen and oxygen atoms in total. The molecule has 108 valence electrons. The SMILES string of the molecule is CN(C)C(C)(C)CNc1nccn(C(C)(C)C)c1=O. The summed E-state index contributed by atoms with van der Waals surface area (Å²) in [6.07, 6.45) is 3.39. The van der Waals surface area contributed by atoms with Crippen LogP contribution < -0.4 is 10.9 Å². The first-order chi connectivity index (χ1) is 8.55. The Kier molecular flexibility index (Phi) is 4.40. The van der Waals surface area contributed by atoms with Crippen molar-refractivity contribution in [3.8, 4) is 0 Å². The zero-order chi connectivity index (χ0) is 14.8. The molecule has 0 aromatic carbocycles. The fourth-order valence-electron chi connectivity index (χ4n) is 1.52. The summed E-state index contributed by atoms with van der Waals surface area (Å²) in [6, 6.07) is 0. The van der Waals surface area contributed by atoms with Gasteiger partial charge in [-0.3, -0.25) is 4.79 Å². The van der Waals surface area contributed by atoms with Crippen LogP contribution in [0.5, 0.6) is 0 Å². The summed E-state index contributed by atoms with van der Waals surface area (Å²) in [4.78, 5) is 18.6. The predicted octanol–water partition coefficient (Wildman–Crippen LogP) is 1.75. The van der Waals surface area contributed by atoms with Gasteiger partial charge in [0.25, 0.3) is 5.56 Å². The fourth-order valence-corrected chi connectivity index (χ4v) is 1.52. The van der Waals surface area contributed by atoms with E-state index in [0.717, 1.165) is 0 Å². The number of likely N-dealkylation sites (N-methyl/N-ethyl adjacent to an activating group) is 1. The minimum Gasteiger partial charge on any atom is -0.364 e. The molecule has 0 aliphatic heterocycles. The van der Waals surface area contributed by atoms with Gasteiger partial charge in [0.15, 0.2) is 5.82 Å². The minimum atomic E-state index is -0.243. The van der Waals surface area contributed by atoms with E-state index in [1.807, 2.05) is 34.9 Å². The highest BCUT2D eigenvalue weighted by Crippen LogP contribution is 2.12. The monoisotopic (exact) mass is 266 g/mol. The fraction of sp³-hybridized carbons (Fsp3) is 0.714. The lowest BCUT2D eigenvalue weighted by molar-refractivity contribution is 0.210. The van der Waals surface area contributed by atoms with Crippen LogP contribution >= 0.6 is 0 Å². The molecule has 1 aromatic heterocycles. The second-order valence-electron chi connectivity index (χ2n) is 6.68. The molecule has 5 heteroatoms. The zero-order valence-electron chi connectivity index (χ0n) is 13.1. The average Bonchev–Trinajstić information content (AvgIpc) is 2.25. The van der Waals surface area contributed by atoms with E-state index in [4.69, 9.17) is 0 Å². The molecule has 0 aliphatic rings. The Labute approximate surface area is 115 Å². The Morgan fingerprint density at radius 1 is 1.26 bits per heavy atom. The van der Waals surface area contributed by atoms with Crippen molar-refractivity contribution in [1.82, 2.24) is 14.5 Å². The van der Waals surface area contributed by atoms with Gasteiger partial charge < -0.3 is 14.8 Å². The van der Waals surface area contributed by atoms with Gasteiger partial charge in [-0.2, -0.15) is 0 Å². The van der Waals surface area contributed by atoms with Crippen molar-refractivity contribution < 1.29 is 0 Å². The number of hydrogen-bond donors (Lipinski definition) is 1. The van der Waals surface area contributed by atoms with Crippen molar-refractivity contribution in [1.29, 1.82) is 0 Å². The highest BCUT2D eigenvalue weighted by molar-refractivity contribution is 5.31. The number of nitrogens with one attached hydrogen (secondary N) is 1. The van der Waals surface area contributed by atoms with E-state index in [0.29, 0.717) is 12.4 Å². The van der Waals surface area contributed by atoms with E-state index in [2.05, 4.69) is 29.0 Å². The van der Waals surface area contributed by atoms with Gasteiger partial charge in [-0.05, 0) is 48.7 Å². The molecule has 0 saturated heterocycles. The second-order valence-corrected chi connectivity index (χ2v) is 6.68. The molecule has 0 saturated carbocycles. The largest absolute Gasteiger partial charge is 0.364 e. The van der Waals surface area contributed by atoms with Crippen molar-refractivity contribution in [2.24, 2.45) is 0 Å². The van der Waals surface area contributed by atoms with E-state index < -0.39 is 0 Å².